The molecule has 0 unspecified atom stereocenters. The van der Waals surface area contributed by atoms with Crippen LogP contribution in [0.15, 0.2) is 0 Å². The highest BCUT2D eigenvalue weighted by molar-refractivity contribution is 5.75. The van der Waals surface area contributed by atoms with Crippen LogP contribution in [-0.2, 0) is 19.1 Å². The lowest BCUT2D eigenvalue weighted by Gasteiger charge is -2.08. The quantitative estimate of drug-likeness (QED) is 0.198. The Balaban J connectivity index is 4.33. The molecule has 17 heavy (non-hydrogen) atoms. The summed E-state index contributed by atoms with van der Waals surface area (Å²) in [5.74, 6) is -6.30. The number of carbonyl (C=O) groups excluding carboxylic acids is 2. The van der Waals surface area contributed by atoms with Crippen LogP contribution in [0.4, 0.5) is 4.39 Å². The first-order valence-corrected chi connectivity index (χ1v) is 3.97. The Kier molecular flexibility index (Phi) is 4.89. The lowest BCUT2D eigenvalue weighted by atomic mass is 10.5. The van der Waals surface area contributed by atoms with Crippen LogP contribution in [0.1, 0.15) is 6.92 Å². The normalized spacial score (nSPS) is 10.5. The Hall–Kier alpha value is -2.33. The summed E-state index contributed by atoms with van der Waals surface area (Å²) in [5.41, 5.74) is 0. The maximum absolute atomic E-state index is 13.0. The summed E-state index contributed by atoms with van der Waals surface area (Å²) in [7, 11) is 0. The van der Waals surface area contributed by atoms with Gasteiger partial charge in [-0.15, -0.1) is 0 Å². The molecule has 0 rings (SSSR count). The van der Waals surface area contributed by atoms with E-state index in [1.807, 2.05) is 0 Å². The average Bonchev–Trinajstić information content (AvgIpc) is 2.22. The van der Waals surface area contributed by atoms with Gasteiger partial charge in [0.05, 0.1) is 0 Å². The summed E-state index contributed by atoms with van der Waals surface area (Å²) >= 11 is 0. The summed E-state index contributed by atoms with van der Waals surface area (Å²) in [5, 5.41) is 20.1. The number of alkyl halides is 1. The minimum atomic E-state index is -4.12. The number of hydrogen-bond acceptors (Lipinski definition) is 8. The molecule has 0 spiro atoms. The van der Waals surface area contributed by atoms with Crippen molar-refractivity contribution in [1.82, 2.24) is 0 Å². The van der Waals surface area contributed by atoms with Crippen molar-refractivity contribution in [3.63, 3.8) is 0 Å². The molecule has 0 saturated carbocycles. The van der Waals surface area contributed by atoms with E-state index in [-0.39, 0.29) is 0 Å². The van der Waals surface area contributed by atoms with E-state index in [0.717, 1.165) is 6.92 Å². The summed E-state index contributed by atoms with van der Waals surface area (Å²) in [6.45, 7) is -1.66. The Bertz CT molecular complexity index is 342. The summed E-state index contributed by atoms with van der Waals surface area (Å²) in [4.78, 5) is 37.4. The number of ether oxygens (including phenoxy) is 2. The van der Waals surface area contributed by atoms with Gasteiger partial charge in [-0.3, -0.25) is 25.0 Å². The van der Waals surface area contributed by atoms with Gasteiger partial charge in [0.2, 0.25) is 0 Å². The average molecular weight is 254 g/mol. The lowest BCUT2D eigenvalue weighted by Crippen LogP contribution is -2.46. The molecule has 0 aromatic heterocycles. The fourth-order valence-electron chi connectivity index (χ4n) is 0.547. The van der Waals surface area contributed by atoms with Crippen molar-refractivity contribution in [2.24, 2.45) is 0 Å². The topological polar surface area (TPSA) is 139 Å². The third-order valence-corrected chi connectivity index (χ3v) is 1.37. The third-order valence-electron chi connectivity index (χ3n) is 1.37. The molecule has 0 aromatic rings. The molecular weight excluding hydrogens is 247 g/mol. The molecule has 0 aromatic carbocycles. The number of rotatable bonds is 6. The number of carbonyl (C=O) groups is 2. The molecule has 10 nitrogen and oxygen atoms in total. The zero-order valence-corrected chi connectivity index (χ0v) is 8.45. The van der Waals surface area contributed by atoms with Gasteiger partial charge in [-0.25, -0.2) is 4.79 Å². The first-order chi connectivity index (χ1) is 7.70. The van der Waals surface area contributed by atoms with Crippen LogP contribution in [0.25, 0.3) is 0 Å². The van der Waals surface area contributed by atoms with E-state index in [0.29, 0.717) is 0 Å². The number of nitrogens with zero attached hydrogens (tertiary/aromatic N) is 2. The highest BCUT2D eigenvalue weighted by Crippen LogP contribution is 2.13. The van der Waals surface area contributed by atoms with E-state index in [1.54, 1.807) is 0 Å². The second-order valence-corrected chi connectivity index (χ2v) is 2.67. The molecule has 0 fully saturated rings. The zero-order valence-electron chi connectivity index (χ0n) is 8.45. The van der Waals surface area contributed by atoms with Crippen molar-refractivity contribution >= 4 is 11.9 Å². The second kappa shape index (κ2) is 5.67. The number of esters is 2. The molecule has 0 bridgehead atoms. The molecule has 0 atom stereocenters. The van der Waals surface area contributed by atoms with Gasteiger partial charge in [0.25, 0.3) is 6.61 Å². The van der Waals surface area contributed by atoms with Crippen LogP contribution in [0, 0.1) is 20.2 Å². The maximum atomic E-state index is 13.0. The zero-order chi connectivity index (χ0) is 13.6. The molecule has 0 aliphatic carbocycles. The summed E-state index contributed by atoms with van der Waals surface area (Å²) < 4.78 is 21.0. The minimum absolute atomic E-state index is 0.836. The maximum Gasteiger partial charge on any atom is 0.648 e. The number of hydrogen-bond donors (Lipinski definition) is 0. The molecule has 96 valence electrons. The van der Waals surface area contributed by atoms with E-state index in [4.69, 9.17) is 0 Å². The van der Waals surface area contributed by atoms with Crippen LogP contribution >= 0.6 is 0 Å². The fraction of sp³-hybridized carbons (Fsp3) is 0.667. The van der Waals surface area contributed by atoms with Gasteiger partial charge in [0, 0.05) is 6.92 Å². The first-order valence-electron chi connectivity index (χ1n) is 3.97. The molecule has 0 N–H and O–H groups in total. The Labute approximate surface area is 92.6 Å². The Morgan fingerprint density at radius 2 is 1.71 bits per heavy atom. The van der Waals surface area contributed by atoms with Crippen molar-refractivity contribution in [1.29, 1.82) is 0 Å². The van der Waals surface area contributed by atoms with E-state index in [2.05, 4.69) is 9.47 Å². The molecule has 0 aliphatic heterocycles. The molecule has 0 aliphatic rings. The highest BCUT2D eigenvalue weighted by atomic mass is 19.2. The van der Waals surface area contributed by atoms with E-state index in [9.17, 15) is 34.2 Å². The van der Waals surface area contributed by atoms with Gasteiger partial charge >= 0.3 is 17.9 Å². The SMILES string of the molecule is CC(=O)OCC(=O)OCC(F)([N+](=O)[O-])[N+](=O)[O-]. The van der Waals surface area contributed by atoms with Crippen LogP contribution in [0.5, 0.6) is 0 Å². The van der Waals surface area contributed by atoms with E-state index < -0.39 is 40.9 Å². The van der Waals surface area contributed by atoms with Crippen molar-refractivity contribution in [2.45, 2.75) is 12.8 Å². The van der Waals surface area contributed by atoms with Crippen molar-refractivity contribution < 1.29 is 33.3 Å². The fourth-order valence-corrected chi connectivity index (χ4v) is 0.547. The highest BCUT2D eigenvalue weighted by Gasteiger charge is 2.59. The minimum Gasteiger partial charge on any atom is -0.454 e. The summed E-state index contributed by atoms with van der Waals surface area (Å²) in [6, 6.07) is 0. The van der Waals surface area contributed by atoms with Crippen LogP contribution in [-0.4, -0.2) is 40.9 Å². The standard InChI is InChI=1S/C6H7FN2O8/c1-4(10)16-2-5(11)17-3-6(7,8(12)13)9(14)15/h2-3H2,1H3. The second-order valence-electron chi connectivity index (χ2n) is 2.67. The van der Waals surface area contributed by atoms with Gasteiger partial charge in [-0.05, 0) is 0 Å². The van der Waals surface area contributed by atoms with Gasteiger partial charge in [-0.2, -0.15) is 0 Å². The molecule has 0 amide bonds. The van der Waals surface area contributed by atoms with Crippen molar-refractivity contribution in [3.05, 3.63) is 20.2 Å². The van der Waals surface area contributed by atoms with Crippen molar-refractivity contribution in [2.75, 3.05) is 13.2 Å². The molecular formula is C6H7FN2O8. The molecule has 11 heteroatoms. The van der Waals surface area contributed by atoms with Crippen LogP contribution < -0.4 is 0 Å². The van der Waals surface area contributed by atoms with Gasteiger partial charge in [0.1, 0.15) is 9.85 Å². The third kappa shape index (κ3) is 4.36. The van der Waals surface area contributed by atoms with Crippen LogP contribution in [0.2, 0.25) is 0 Å². The number of nitro groups is 2. The van der Waals surface area contributed by atoms with Crippen molar-refractivity contribution in [3.8, 4) is 0 Å². The van der Waals surface area contributed by atoms with E-state index in [1.165, 1.54) is 0 Å². The predicted molar refractivity (Wildman–Crippen MR) is 45.4 cm³/mol. The largest absolute Gasteiger partial charge is 0.648 e. The van der Waals surface area contributed by atoms with Gasteiger partial charge in [-0.1, -0.05) is 4.39 Å². The first kappa shape index (κ1) is 14.7. The predicted octanol–water partition coefficient (Wildman–Crippen LogP) is -0.731. The lowest BCUT2D eigenvalue weighted by molar-refractivity contribution is -0.832. The molecule has 0 radical (unpaired) electrons. The van der Waals surface area contributed by atoms with Crippen LogP contribution in [0.3, 0.4) is 0 Å². The number of halogens is 1. The molecule has 0 heterocycles. The van der Waals surface area contributed by atoms with Gasteiger partial charge in [0.15, 0.2) is 6.61 Å². The Morgan fingerprint density at radius 1 is 1.24 bits per heavy atom. The monoisotopic (exact) mass is 254 g/mol. The van der Waals surface area contributed by atoms with E-state index >= 15 is 0 Å². The Morgan fingerprint density at radius 3 is 2.06 bits per heavy atom. The van der Waals surface area contributed by atoms with Gasteiger partial charge < -0.3 is 9.47 Å². The molecule has 0 saturated heterocycles. The smallest absolute Gasteiger partial charge is 0.454 e. The summed E-state index contributed by atoms with van der Waals surface area (Å²) in [6.07, 6.45) is 0.